The minimum absolute atomic E-state index is 0.0579. The third kappa shape index (κ3) is 1.82. The summed E-state index contributed by atoms with van der Waals surface area (Å²) in [4.78, 5) is 0.0579. The Bertz CT molecular complexity index is 396. The van der Waals surface area contributed by atoms with Gasteiger partial charge in [0.05, 0.1) is 4.90 Å². The van der Waals surface area contributed by atoms with Crippen LogP contribution in [0, 0.1) is 12.7 Å². The smallest absolute Gasteiger partial charge is 0.175 e. The molecule has 1 aromatic carbocycles. The van der Waals surface area contributed by atoms with Gasteiger partial charge in [0.2, 0.25) is 0 Å². The summed E-state index contributed by atoms with van der Waals surface area (Å²) in [6.07, 6.45) is 1.06. The maximum absolute atomic E-state index is 12.6. The molecule has 0 bridgehead atoms. The van der Waals surface area contributed by atoms with Gasteiger partial charge in [-0.3, -0.25) is 0 Å². The lowest BCUT2D eigenvalue weighted by molar-refractivity contribution is 0.595. The van der Waals surface area contributed by atoms with Crippen LogP contribution in [0.4, 0.5) is 4.39 Å². The van der Waals surface area contributed by atoms with Crippen molar-refractivity contribution in [1.29, 1.82) is 0 Å². The van der Waals surface area contributed by atoms with Crippen LogP contribution < -0.4 is 0 Å². The van der Waals surface area contributed by atoms with Crippen LogP contribution in [0.1, 0.15) is 5.56 Å². The molecule has 2 nitrogen and oxygen atoms in total. The van der Waals surface area contributed by atoms with E-state index in [0.29, 0.717) is 5.56 Å². The van der Waals surface area contributed by atoms with Gasteiger partial charge in [-0.05, 0) is 24.6 Å². The number of hydrogen-bond donors (Lipinski definition) is 0. The number of aryl methyl sites for hydroxylation is 1. The summed E-state index contributed by atoms with van der Waals surface area (Å²) in [5.74, 6) is -0.527. The molecule has 0 N–H and O–H groups in total. The molecule has 0 saturated heterocycles. The lowest BCUT2D eigenvalue weighted by Crippen LogP contribution is -2.00. The monoisotopic (exact) mass is 188 g/mol. The lowest BCUT2D eigenvalue weighted by atomic mass is 10.2. The minimum atomic E-state index is -3.30. The molecule has 0 radical (unpaired) electrons. The fourth-order valence-electron chi connectivity index (χ4n) is 0.973. The normalized spacial score (nSPS) is 11.6. The highest BCUT2D eigenvalue weighted by Gasteiger charge is 2.10. The fraction of sp³-hybridized carbons (Fsp3) is 0.250. The summed E-state index contributed by atoms with van der Waals surface area (Å²) >= 11 is 0. The SMILES string of the molecule is Cc1ccc(F)cc1S(C)(=O)=O. The molecule has 1 rings (SSSR count). The molecular weight excluding hydrogens is 179 g/mol. The zero-order valence-corrected chi connectivity index (χ0v) is 7.65. The molecule has 0 amide bonds. The Balaban J connectivity index is 3.43. The van der Waals surface area contributed by atoms with Crippen molar-refractivity contribution in [2.24, 2.45) is 0 Å². The van der Waals surface area contributed by atoms with Crippen LogP contribution in [0.2, 0.25) is 0 Å². The molecule has 0 spiro atoms. The van der Waals surface area contributed by atoms with Crippen LogP contribution >= 0.6 is 0 Å². The van der Waals surface area contributed by atoms with Gasteiger partial charge in [0, 0.05) is 6.26 Å². The quantitative estimate of drug-likeness (QED) is 0.670. The van der Waals surface area contributed by atoms with Gasteiger partial charge in [0.15, 0.2) is 9.84 Å². The van der Waals surface area contributed by atoms with Gasteiger partial charge >= 0.3 is 0 Å². The van der Waals surface area contributed by atoms with Crippen molar-refractivity contribution >= 4 is 9.84 Å². The van der Waals surface area contributed by atoms with E-state index in [0.717, 1.165) is 12.3 Å². The third-order valence-electron chi connectivity index (χ3n) is 1.55. The Morgan fingerprint density at radius 2 is 1.92 bits per heavy atom. The molecule has 0 fully saturated rings. The molecule has 4 heteroatoms. The zero-order chi connectivity index (χ0) is 9.35. The fourth-order valence-corrected chi connectivity index (χ4v) is 1.95. The molecule has 0 heterocycles. The summed E-state index contributed by atoms with van der Waals surface area (Å²) in [6, 6.07) is 3.72. The molecule has 0 unspecified atom stereocenters. The van der Waals surface area contributed by atoms with E-state index in [9.17, 15) is 12.8 Å². The van der Waals surface area contributed by atoms with Gasteiger partial charge in [-0.2, -0.15) is 0 Å². The summed E-state index contributed by atoms with van der Waals surface area (Å²) in [5.41, 5.74) is 0.568. The Kier molecular flexibility index (Phi) is 2.19. The van der Waals surface area contributed by atoms with E-state index in [1.165, 1.54) is 12.1 Å². The summed E-state index contributed by atoms with van der Waals surface area (Å²) in [5, 5.41) is 0. The molecule has 0 aliphatic heterocycles. The standard InChI is InChI=1S/C8H9FO2S/c1-6-3-4-7(9)5-8(6)12(2,10)11/h3-5H,1-2H3. The second kappa shape index (κ2) is 2.86. The zero-order valence-electron chi connectivity index (χ0n) is 6.83. The molecule has 0 aromatic heterocycles. The highest BCUT2D eigenvalue weighted by atomic mass is 32.2. The largest absolute Gasteiger partial charge is 0.224 e. The summed E-state index contributed by atoms with van der Waals surface area (Å²) in [7, 11) is -3.30. The Hall–Kier alpha value is -0.900. The molecule has 66 valence electrons. The first-order valence-electron chi connectivity index (χ1n) is 3.37. The predicted octanol–water partition coefficient (Wildman–Crippen LogP) is 1.54. The molecule has 1 aromatic rings. The summed E-state index contributed by atoms with van der Waals surface area (Å²) < 4.78 is 34.7. The van der Waals surface area contributed by atoms with E-state index in [4.69, 9.17) is 0 Å². The van der Waals surface area contributed by atoms with Crippen molar-refractivity contribution in [3.8, 4) is 0 Å². The lowest BCUT2D eigenvalue weighted by Gasteiger charge is -2.01. The predicted molar refractivity (Wildman–Crippen MR) is 44.2 cm³/mol. The van der Waals surface area contributed by atoms with E-state index in [1.54, 1.807) is 6.92 Å². The van der Waals surface area contributed by atoms with Crippen molar-refractivity contribution in [2.45, 2.75) is 11.8 Å². The maximum atomic E-state index is 12.6. The highest BCUT2D eigenvalue weighted by molar-refractivity contribution is 7.90. The van der Waals surface area contributed by atoms with Crippen molar-refractivity contribution in [2.75, 3.05) is 6.26 Å². The number of sulfone groups is 1. The molecule has 0 atom stereocenters. The van der Waals surface area contributed by atoms with E-state index in [1.807, 2.05) is 0 Å². The van der Waals surface area contributed by atoms with Gasteiger partial charge in [-0.1, -0.05) is 6.07 Å². The molecular formula is C8H9FO2S. The van der Waals surface area contributed by atoms with Crippen molar-refractivity contribution in [3.05, 3.63) is 29.6 Å². The van der Waals surface area contributed by atoms with Crippen molar-refractivity contribution < 1.29 is 12.8 Å². The third-order valence-corrected chi connectivity index (χ3v) is 2.79. The van der Waals surface area contributed by atoms with Crippen LogP contribution in [0.5, 0.6) is 0 Å². The van der Waals surface area contributed by atoms with Crippen molar-refractivity contribution in [1.82, 2.24) is 0 Å². The molecule has 12 heavy (non-hydrogen) atoms. The van der Waals surface area contributed by atoms with Crippen LogP contribution in [0.3, 0.4) is 0 Å². The van der Waals surface area contributed by atoms with E-state index >= 15 is 0 Å². The van der Waals surface area contributed by atoms with E-state index < -0.39 is 15.7 Å². The average molecular weight is 188 g/mol. The highest BCUT2D eigenvalue weighted by Crippen LogP contribution is 2.15. The van der Waals surface area contributed by atoms with Crippen molar-refractivity contribution in [3.63, 3.8) is 0 Å². The van der Waals surface area contributed by atoms with Crippen LogP contribution in [0.25, 0.3) is 0 Å². The number of rotatable bonds is 1. The topological polar surface area (TPSA) is 34.1 Å². The number of halogens is 1. The van der Waals surface area contributed by atoms with Gasteiger partial charge in [0.25, 0.3) is 0 Å². The molecule has 0 aliphatic carbocycles. The first-order valence-corrected chi connectivity index (χ1v) is 5.26. The number of hydrogen-bond acceptors (Lipinski definition) is 2. The first-order chi connectivity index (χ1) is 5.41. The molecule has 0 aliphatic rings. The Morgan fingerprint density at radius 3 is 2.33 bits per heavy atom. The van der Waals surface area contributed by atoms with E-state index in [2.05, 4.69) is 0 Å². The van der Waals surface area contributed by atoms with Gasteiger partial charge in [-0.15, -0.1) is 0 Å². The van der Waals surface area contributed by atoms with Gasteiger partial charge < -0.3 is 0 Å². The molecule has 0 saturated carbocycles. The maximum Gasteiger partial charge on any atom is 0.175 e. The average Bonchev–Trinajstić information content (AvgIpc) is 1.92. The summed E-state index contributed by atoms with van der Waals surface area (Å²) in [6.45, 7) is 1.63. The van der Waals surface area contributed by atoms with Crippen LogP contribution in [0.15, 0.2) is 23.1 Å². The Morgan fingerprint density at radius 1 is 1.33 bits per heavy atom. The van der Waals surface area contributed by atoms with Crippen LogP contribution in [-0.2, 0) is 9.84 Å². The second-order valence-electron chi connectivity index (χ2n) is 2.68. The Labute approximate surface area is 71.0 Å². The van der Waals surface area contributed by atoms with Gasteiger partial charge in [0.1, 0.15) is 5.82 Å². The second-order valence-corrected chi connectivity index (χ2v) is 4.67. The van der Waals surface area contributed by atoms with Gasteiger partial charge in [-0.25, -0.2) is 12.8 Å². The van der Waals surface area contributed by atoms with E-state index in [-0.39, 0.29) is 4.90 Å². The number of benzene rings is 1. The van der Waals surface area contributed by atoms with Crippen LogP contribution in [-0.4, -0.2) is 14.7 Å². The minimum Gasteiger partial charge on any atom is -0.224 e. The first kappa shape index (κ1) is 9.19.